The van der Waals surface area contributed by atoms with Gasteiger partial charge in [0.1, 0.15) is 0 Å². The van der Waals surface area contributed by atoms with E-state index in [-0.39, 0.29) is 0 Å². The molecular weight excluding hydrogens is 396 g/mol. The van der Waals surface area contributed by atoms with Gasteiger partial charge < -0.3 is 0 Å². The molecule has 0 aliphatic rings. The molecule has 0 unspecified atom stereocenters. The quantitative estimate of drug-likeness (QED) is 0.412. The molecule has 0 amide bonds. The fraction of sp³-hybridized carbons (Fsp3) is 0.0435. The Kier molecular flexibility index (Phi) is 4.83. The number of tetrazole rings is 1. The highest BCUT2D eigenvalue weighted by molar-refractivity contribution is 6.30. The van der Waals surface area contributed by atoms with E-state index in [0.717, 1.165) is 28.1 Å². The average molecular weight is 413 g/mol. The Bertz CT molecular complexity index is 1280. The Hall–Kier alpha value is -3.77. The van der Waals surface area contributed by atoms with Crippen molar-refractivity contribution >= 4 is 11.6 Å². The zero-order valence-corrected chi connectivity index (χ0v) is 16.7. The highest BCUT2D eigenvalue weighted by Gasteiger charge is 2.15. The molecule has 0 aliphatic heterocycles. The van der Waals surface area contributed by atoms with Gasteiger partial charge in [0.25, 0.3) is 0 Å². The van der Waals surface area contributed by atoms with Gasteiger partial charge in [0, 0.05) is 27.9 Å². The second kappa shape index (κ2) is 7.93. The number of hydrogen-bond donors (Lipinski definition) is 0. The fourth-order valence-electron chi connectivity index (χ4n) is 3.28. The molecule has 7 heteroatoms. The van der Waals surface area contributed by atoms with E-state index < -0.39 is 0 Å². The Morgan fingerprint density at radius 2 is 1.50 bits per heavy atom. The number of rotatable bonds is 5. The Balaban J connectivity index is 1.52. The summed E-state index contributed by atoms with van der Waals surface area (Å²) in [5.41, 5.74) is 4.75. The van der Waals surface area contributed by atoms with Crippen LogP contribution in [0.4, 0.5) is 0 Å². The first kappa shape index (κ1) is 18.3. The van der Waals surface area contributed by atoms with E-state index in [2.05, 4.69) is 15.4 Å². The van der Waals surface area contributed by atoms with Gasteiger partial charge in [-0.1, -0.05) is 72.3 Å². The first-order chi connectivity index (χ1) is 14.8. The molecule has 0 radical (unpaired) electrons. The standard InChI is InChI=1S/C23H17ClN6/c24-20-11-7-10-18(14-20)23-25-28-30(27-23)16-19-15-29(21-12-5-2-6-13-21)26-22(19)17-8-3-1-4-9-17/h1-15H,16H2. The Morgan fingerprint density at radius 1 is 0.767 bits per heavy atom. The van der Waals surface area contributed by atoms with Gasteiger partial charge in [-0.15, -0.1) is 10.2 Å². The fourth-order valence-corrected chi connectivity index (χ4v) is 3.47. The molecule has 0 saturated carbocycles. The summed E-state index contributed by atoms with van der Waals surface area (Å²) in [7, 11) is 0. The zero-order chi connectivity index (χ0) is 20.3. The van der Waals surface area contributed by atoms with Crippen LogP contribution in [0.2, 0.25) is 5.02 Å². The van der Waals surface area contributed by atoms with Crippen LogP contribution in [0.25, 0.3) is 28.3 Å². The maximum absolute atomic E-state index is 6.09. The van der Waals surface area contributed by atoms with Crippen molar-refractivity contribution in [3.63, 3.8) is 0 Å². The van der Waals surface area contributed by atoms with E-state index in [1.165, 1.54) is 0 Å². The third-order valence-corrected chi connectivity index (χ3v) is 4.94. The molecule has 0 spiro atoms. The molecule has 6 nitrogen and oxygen atoms in total. The summed E-state index contributed by atoms with van der Waals surface area (Å²) in [6, 6.07) is 27.6. The minimum Gasteiger partial charge on any atom is -0.240 e. The smallest absolute Gasteiger partial charge is 0.204 e. The summed E-state index contributed by atoms with van der Waals surface area (Å²) in [6.07, 6.45) is 2.01. The Morgan fingerprint density at radius 3 is 2.27 bits per heavy atom. The second-order valence-corrected chi connectivity index (χ2v) is 7.24. The number of aromatic nitrogens is 6. The van der Waals surface area contributed by atoms with Crippen LogP contribution in [-0.2, 0) is 6.54 Å². The first-order valence-corrected chi connectivity index (χ1v) is 9.87. The summed E-state index contributed by atoms with van der Waals surface area (Å²) >= 11 is 6.09. The predicted molar refractivity (Wildman–Crippen MR) is 116 cm³/mol. The van der Waals surface area contributed by atoms with Gasteiger partial charge in [0.05, 0.1) is 17.9 Å². The van der Waals surface area contributed by atoms with Crippen LogP contribution in [0.5, 0.6) is 0 Å². The van der Waals surface area contributed by atoms with Crippen molar-refractivity contribution in [3.8, 4) is 28.3 Å². The minimum absolute atomic E-state index is 0.449. The molecule has 5 aromatic rings. The number of para-hydroxylation sites is 1. The van der Waals surface area contributed by atoms with E-state index in [0.29, 0.717) is 17.4 Å². The minimum atomic E-state index is 0.449. The molecule has 0 saturated heterocycles. The van der Waals surface area contributed by atoms with Crippen LogP contribution >= 0.6 is 11.6 Å². The van der Waals surface area contributed by atoms with Crippen molar-refractivity contribution in [1.82, 2.24) is 30.0 Å². The molecule has 146 valence electrons. The lowest BCUT2D eigenvalue weighted by Gasteiger charge is -2.01. The molecule has 2 aromatic heterocycles. The van der Waals surface area contributed by atoms with Gasteiger partial charge >= 0.3 is 0 Å². The number of hydrogen-bond acceptors (Lipinski definition) is 4. The Labute approximate surface area is 178 Å². The van der Waals surface area contributed by atoms with Gasteiger partial charge in [0.2, 0.25) is 5.82 Å². The molecular formula is C23H17ClN6. The molecule has 0 atom stereocenters. The van der Waals surface area contributed by atoms with Crippen molar-refractivity contribution in [1.29, 1.82) is 0 Å². The molecule has 0 bridgehead atoms. The third-order valence-electron chi connectivity index (χ3n) is 4.71. The van der Waals surface area contributed by atoms with E-state index in [9.17, 15) is 0 Å². The maximum atomic E-state index is 6.09. The van der Waals surface area contributed by atoms with Crippen LogP contribution in [0.1, 0.15) is 5.56 Å². The maximum Gasteiger partial charge on any atom is 0.204 e. The summed E-state index contributed by atoms with van der Waals surface area (Å²) in [5.74, 6) is 0.536. The topological polar surface area (TPSA) is 61.4 Å². The highest BCUT2D eigenvalue weighted by Crippen LogP contribution is 2.24. The van der Waals surface area contributed by atoms with Gasteiger partial charge in [-0.3, -0.25) is 0 Å². The SMILES string of the molecule is Clc1cccc(-c2nnn(Cc3cn(-c4ccccc4)nc3-c3ccccc3)n2)c1. The predicted octanol–water partition coefficient (Wildman–Crippen LogP) is 4.89. The van der Waals surface area contributed by atoms with Gasteiger partial charge in [-0.2, -0.15) is 9.90 Å². The number of benzene rings is 3. The van der Waals surface area contributed by atoms with Crippen molar-refractivity contribution in [2.45, 2.75) is 6.54 Å². The van der Waals surface area contributed by atoms with Crippen LogP contribution in [0.15, 0.2) is 91.1 Å². The van der Waals surface area contributed by atoms with Crippen molar-refractivity contribution in [2.24, 2.45) is 0 Å². The van der Waals surface area contributed by atoms with Crippen LogP contribution in [0.3, 0.4) is 0 Å². The lowest BCUT2D eigenvalue weighted by Crippen LogP contribution is -2.04. The molecule has 5 rings (SSSR count). The van der Waals surface area contributed by atoms with Gasteiger partial charge in [-0.25, -0.2) is 4.68 Å². The van der Waals surface area contributed by atoms with Gasteiger partial charge in [0.15, 0.2) is 0 Å². The van der Waals surface area contributed by atoms with E-state index in [1.54, 1.807) is 4.80 Å². The molecule has 3 aromatic carbocycles. The summed E-state index contributed by atoms with van der Waals surface area (Å²) in [6.45, 7) is 0.449. The van der Waals surface area contributed by atoms with Crippen molar-refractivity contribution in [2.75, 3.05) is 0 Å². The molecule has 2 heterocycles. The largest absolute Gasteiger partial charge is 0.240 e. The normalized spacial score (nSPS) is 11.0. The molecule has 0 fully saturated rings. The number of nitrogens with zero attached hydrogens (tertiary/aromatic N) is 6. The molecule has 0 N–H and O–H groups in total. The zero-order valence-electron chi connectivity index (χ0n) is 15.9. The third kappa shape index (κ3) is 3.73. The summed E-state index contributed by atoms with van der Waals surface area (Å²) in [5, 5.41) is 18.4. The highest BCUT2D eigenvalue weighted by atomic mass is 35.5. The van der Waals surface area contributed by atoms with Crippen LogP contribution in [-0.4, -0.2) is 30.0 Å². The lowest BCUT2D eigenvalue weighted by atomic mass is 10.1. The van der Waals surface area contributed by atoms with Crippen LogP contribution in [0, 0.1) is 0 Å². The average Bonchev–Trinajstić information content (AvgIpc) is 3.43. The van der Waals surface area contributed by atoms with Crippen molar-refractivity contribution in [3.05, 3.63) is 102 Å². The summed E-state index contributed by atoms with van der Waals surface area (Å²) < 4.78 is 1.88. The van der Waals surface area contributed by atoms with Gasteiger partial charge in [-0.05, 0) is 29.5 Å². The number of halogens is 1. The second-order valence-electron chi connectivity index (χ2n) is 6.80. The van der Waals surface area contributed by atoms with E-state index in [4.69, 9.17) is 16.7 Å². The molecule has 0 aliphatic carbocycles. The van der Waals surface area contributed by atoms with E-state index in [1.807, 2.05) is 95.8 Å². The lowest BCUT2D eigenvalue weighted by molar-refractivity contribution is 0.573. The van der Waals surface area contributed by atoms with Crippen LogP contribution < -0.4 is 0 Å². The monoisotopic (exact) mass is 412 g/mol. The summed E-state index contributed by atoms with van der Waals surface area (Å²) in [4.78, 5) is 1.58. The first-order valence-electron chi connectivity index (χ1n) is 9.49. The molecule has 30 heavy (non-hydrogen) atoms. The van der Waals surface area contributed by atoms with E-state index >= 15 is 0 Å². The van der Waals surface area contributed by atoms with Crippen molar-refractivity contribution < 1.29 is 0 Å².